The molecular formula is C21H21ClFN5O2S2. The number of aromatic nitrogens is 1. The highest BCUT2D eigenvalue weighted by Gasteiger charge is 2.39. The lowest BCUT2D eigenvalue weighted by molar-refractivity contribution is -0.136. The van der Waals surface area contributed by atoms with Crippen molar-refractivity contribution in [3.05, 3.63) is 63.0 Å². The third-order valence-corrected chi connectivity index (χ3v) is 6.75. The number of methoxy groups -OCH3 is 1. The van der Waals surface area contributed by atoms with Crippen LogP contribution in [0.4, 0.5) is 4.39 Å². The van der Waals surface area contributed by atoms with Crippen molar-refractivity contribution in [2.45, 2.75) is 12.5 Å². The molecule has 0 amide bonds. The molecule has 1 atom stereocenters. The van der Waals surface area contributed by atoms with Crippen molar-refractivity contribution in [1.29, 1.82) is 5.26 Å². The molecule has 1 aromatic heterocycles. The van der Waals surface area contributed by atoms with E-state index in [1.165, 1.54) is 30.6 Å². The molecule has 1 fully saturated rings. The number of esters is 1. The summed E-state index contributed by atoms with van der Waals surface area (Å²) >= 11 is 8.47. The van der Waals surface area contributed by atoms with Crippen LogP contribution in [0.25, 0.3) is 0 Å². The van der Waals surface area contributed by atoms with Crippen molar-refractivity contribution in [2.75, 3.05) is 33.0 Å². The summed E-state index contributed by atoms with van der Waals surface area (Å²) in [7, 11) is 1.39. The van der Waals surface area contributed by atoms with E-state index in [-0.39, 0.29) is 17.8 Å². The van der Waals surface area contributed by atoms with Crippen LogP contribution in [0, 0.1) is 17.1 Å². The molecular weight excluding hydrogens is 473 g/mol. The fraction of sp³-hybridized carbons (Fsp3) is 0.333. The number of hydrogen-bond donors (Lipinski definition) is 0. The maximum Gasteiger partial charge on any atom is 0.337 e. The average Bonchev–Trinajstić information content (AvgIpc) is 3.47. The smallest absolute Gasteiger partial charge is 0.337 e. The van der Waals surface area contributed by atoms with Crippen molar-refractivity contribution in [2.24, 2.45) is 4.99 Å². The minimum Gasteiger partial charge on any atom is -0.466 e. The molecule has 168 valence electrons. The van der Waals surface area contributed by atoms with Crippen LogP contribution in [0.5, 0.6) is 0 Å². The Hall–Kier alpha value is -2.45. The predicted octanol–water partition coefficient (Wildman–Crippen LogP) is 3.99. The van der Waals surface area contributed by atoms with E-state index in [4.69, 9.17) is 21.6 Å². The minimum absolute atomic E-state index is 0.137. The highest BCUT2D eigenvalue weighted by atomic mass is 35.5. The SMILES string of the molecule is COC(=O)C1=C2CC(N(CC#N)SC)CN2C(c2nccs2)=NC1.Fc1cccc(Cl)c1. The third kappa shape index (κ3) is 5.66. The van der Waals surface area contributed by atoms with Crippen molar-refractivity contribution in [3.8, 4) is 6.07 Å². The molecule has 2 aliphatic rings. The molecule has 2 aliphatic heterocycles. The number of aliphatic imine (C=N–C) groups is 1. The highest BCUT2D eigenvalue weighted by molar-refractivity contribution is 7.96. The number of rotatable bonds is 5. The molecule has 1 saturated heterocycles. The summed E-state index contributed by atoms with van der Waals surface area (Å²) in [5.74, 6) is 0.166. The number of benzene rings is 1. The molecule has 0 aliphatic carbocycles. The number of thiazole rings is 1. The van der Waals surface area contributed by atoms with Crippen molar-refractivity contribution in [1.82, 2.24) is 14.2 Å². The van der Waals surface area contributed by atoms with Gasteiger partial charge < -0.3 is 9.64 Å². The van der Waals surface area contributed by atoms with E-state index in [0.29, 0.717) is 36.7 Å². The first-order chi connectivity index (χ1) is 15.5. The molecule has 7 nitrogen and oxygen atoms in total. The largest absolute Gasteiger partial charge is 0.466 e. The summed E-state index contributed by atoms with van der Waals surface area (Å²) in [6, 6.07) is 8.15. The second kappa shape index (κ2) is 11.4. The van der Waals surface area contributed by atoms with Gasteiger partial charge in [0.05, 0.1) is 31.8 Å². The molecule has 1 aromatic carbocycles. The lowest BCUT2D eigenvalue weighted by atomic mass is 10.1. The van der Waals surface area contributed by atoms with E-state index in [1.54, 1.807) is 30.3 Å². The quantitative estimate of drug-likeness (QED) is 0.354. The number of carbonyl (C=O) groups excluding carboxylic acids is 1. The normalized spacial score (nSPS) is 17.3. The molecule has 0 saturated carbocycles. The maximum absolute atomic E-state index is 12.1. The second-order valence-electron chi connectivity index (χ2n) is 6.72. The van der Waals surface area contributed by atoms with Crippen LogP contribution in [-0.4, -0.2) is 65.0 Å². The highest BCUT2D eigenvalue weighted by Crippen LogP contribution is 2.35. The molecule has 0 radical (unpaired) electrons. The molecule has 11 heteroatoms. The van der Waals surface area contributed by atoms with Gasteiger partial charge in [-0.1, -0.05) is 29.6 Å². The zero-order chi connectivity index (χ0) is 23.1. The van der Waals surface area contributed by atoms with Gasteiger partial charge in [-0.05, 0) is 24.5 Å². The fourth-order valence-corrected chi connectivity index (χ4v) is 4.89. The molecule has 0 spiro atoms. The van der Waals surface area contributed by atoms with Crippen LogP contribution in [-0.2, 0) is 9.53 Å². The van der Waals surface area contributed by atoms with Gasteiger partial charge in [-0.15, -0.1) is 11.3 Å². The van der Waals surface area contributed by atoms with E-state index >= 15 is 0 Å². The van der Waals surface area contributed by atoms with Gasteiger partial charge in [0.1, 0.15) is 5.82 Å². The van der Waals surface area contributed by atoms with Crippen LogP contribution in [0.15, 0.2) is 52.1 Å². The molecule has 4 rings (SSSR count). The van der Waals surface area contributed by atoms with Crippen LogP contribution >= 0.6 is 34.9 Å². The van der Waals surface area contributed by atoms with E-state index in [1.807, 2.05) is 15.9 Å². The van der Waals surface area contributed by atoms with Gasteiger partial charge in [-0.3, -0.25) is 4.99 Å². The average molecular weight is 494 g/mol. The number of hydrogen-bond acceptors (Lipinski definition) is 9. The van der Waals surface area contributed by atoms with Crippen LogP contribution in [0.3, 0.4) is 0 Å². The van der Waals surface area contributed by atoms with E-state index in [9.17, 15) is 9.18 Å². The Morgan fingerprint density at radius 1 is 1.53 bits per heavy atom. The number of amidine groups is 1. The summed E-state index contributed by atoms with van der Waals surface area (Å²) in [4.78, 5) is 23.1. The summed E-state index contributed by atoms with van der Waals surface area (Å²) in [6.07, 6.45) is 4.40. The number of nitrogens with zero attached hydrogens (tertiary/aromatic N) is 5. The van der Waals surface area contributed by atoms with E-state index in [0.717, 1.165) is 16.5 Å². The van der Waals surface area contributed by atoms with Crippen molar-refractivity contribution >= 4 is 46.7 Å². The van der Waals surface area contributed by atoms with Gasteiger partial charge in [-0.2, -0.15) is 5.26 Å². The Labute approximate surface area is 199 Å². The molecule has 0 bridgehead atoms. The molecule has 2 aromatic rings. The summed E-state index contributed by atoms with van der Waals surface area (Å²) in [6.45, 7) is 1.32. The van der Waals surface area contributed by atoms with Gasteiger partial charge in [0.15, 0.2) is 10.8 Å². The Morgan fingerprint density at radius 2 is 2.34 bits per heavy atom. The van der Waals surface area contributed by atoms with Crippen LogP contribution < -0.4 is 0 Å². The first kappa shape index (κ1) is 24.2. The number of nitriles is 1. The monoisotopic (exact) mass is 493 g/mol. The molecule has 1 unspecified atom stereocenters. The Balaban J connectivity index is 0.000000305. The summed E-state index contributed by atoms with van der Waals surface area (Å²) in [5.41, 5.74) is 1.53. The standard InChI is InChI=1S/C15H17N5O2S2.C6H4ClF/c1-22-15(21)11-8-18-13(14-17-4-6-24-14)19-9-10(7-12(11)19)20(23-2)5-3-16;7-5-2-1-3-6(8)4-5/h4,6,10H,5,7-9H2,1-2H3;1-4H. The van der Waals surface area contributed by atoms with Crippen LogP contribution in [0.1, 0.15) is 11.4 Å². The number of carbonyl (C=O) groups is 1. The second-order valence-corrected chi connectivity index (χ2v) is 8.88. The molecule has 3 heterocycles. The Morgan fingerprint density at radius 3 is 2.91 bits per heavy atom. The van der Waals surface area contributed by atoms with Gasteiger partial charge in [0, 0.05) is 41.3 Å². The number of fused-ring (bicyclic) bond motifs is 1. The van der Waals surface area contributed by atoms with Crippen molar-refractivity contribution < 1.29 is 13.9 Å². The van der Waals surface area contributed by atoms with Gasteiger partial charge >= 0.3 is 5.97 Å². The topological polar surface area (TPSA) is 81.8 Å². The van der Waals surface area contributed by atoms with E-state index in [2.05, 4.69) is 20.9 Å². The first-order valence-electron chi connectivity index (χ1n) is 9.59. The van der Waals surface area contributed by atoms with Gasteiger partial charge in [0.25, 0.3) is 0 Å². The Kier molecular flexibility index (Phi) is 8.64. The summed E-state index contributed by atoms with van der Waals surface area (Å²) in [5, 5.41) is 12.2. The molecule has 0 N–H and O–H groups in total. The van der Waals surface area contributed by atoms with E-state index < -0.39 is 0 Å². The third-order valence-electron chi connectivity index (χ3n) is 4.85. The lowest BCUT2D eigenvalue weighted by Crippen LogP contribution is -2.37. The zero-order valence-corrected chi connectivity index (χ0v) is 19.9. The number of ether oxygens (including phenoxy) is 1. The maximum atomic E-state index is 12.1. The lowest BCUT2D eigenvalue weighted by Gasteiger charge is -2.27. The predicted molar refractivity (Wildman–Crippen MR) is 125 cm³/mol. The van der Waals surface area contributed by atoms with Gasteiger partial charge in [-0.25, -0.2) is 18.5 Å². The number of halogens is 2. The van der Waals surface area contributed by atoms with Gasteiger partial charge in [0.2, 0.25) is 0 Å². The van der Waals surface area contributed by atoms with Crippen molar-refractivity contribution in [3.63, 3.8) is 0 Å². The zero-order valence-electron chi connectivity index (χ0n) is 17.5. The molecule has 32 heavy (non-hydrogen) atoms. The summed E-state index contributed by atoms with van der Waals surface area (Å²) < 4.78 is 19.0. The van der Waals surface area contributed by atoms with Crippen LogP contribution in [0.2, 0.25) is 5.02 Å². The fourth-order valence-electron chi connectivity index (χ4n) is 3.44. The first-order valence-corrected chi connectivity index (χ1v) is 12.0. The Bertz CT molecular complexity index is 1040. The minimum atomic E-state index is -0.339.